The molecule has 2 fully saturated rings. The molecule has 0 aliphatic carbocycles. The van der Waals surface area contributed by atoms with E-state index >= 15 is 0 Å². The highest BCUT2D eigenvalue weighted by atomic mass is 15.2. The molecule has 0 saturated carbocycles. The third-order valence-electron chi connectivity index (χ3n) is 4.05. The zero-order valence-electron chi connectivity index (χ0n) is 10.0. The van der Waals surface area contributed by atoms with E-state index in [-0.39, 0.29) is 0 Å². The van der Waals surface area contributed by atoms with Gasteiger partial charge in [-0.05, 0) is 44.0 Å². The minimum Gasteiger partial charge on any atom is -0.357 e. The van der Waals surface area contributed by atoms with Gasteiger partial charge in [-0.25, -0.2) is 0 Å². The van der Waals surface area contributed by atoms with Crippen LogP contribution in [0.15, 0.2) is 18.5 Å². The Morgan fingerprint density at radius 3 is 3.12 bits per heavy atom. The van der Waals surface area contributed by atoms with Crippen molar-refractivity contribution in [1.82, 2.24) is 14.8 Å². The Bertz CT molecular complexity index is 358. The molecule has 2 aliphatic heterocycles. The van der Waals surface area contributed by atoms with Crippen molar-refractivity contribution in [3.8, 4) is 0 Å². The molecule has 3 rings (SSSR count). The van der Waals surface area contributed by atoms with Crippen LogP contribution in [0, 0.1) is 0 Å². The molecule has 0 bridgehead atoms. The first-order chi connectivity index (χ1) is 7.84. The SMILES string of the molecule is Cn1ccc(C2CNCCC3CCCN32)c1. The van der Waals surface area contributed by atoms with Crippen LogP contribution in [0.4, 0.5) is 0 Å². The van der Waals surface area contributed by atoms with Crippen LogP contribution in [0.2, 0.25) is 0 Å². The van der Waals surface area contributed by atoms with E-state index in [0.717, 1.165) is 12.6 Å². The fourth-order valence-corrected chi connectivity index (χ4v) is 3.23. The lowest BCUT2D eigenvalue weighted by atomic mass is 10.1. The summed E-state index contributed by atoms with van der Waals surface area (Å²) in [6, 6.07) is 3.68. The van der Waals surface area contributed by atoms with Crippen molar-refractivity contribution in [2.45, 2.75) is 31.3 Å². The lowest BCUT2D eigenvalue weighted by Gasteiger charge is -2.29. The van der Waals surface area contributed by atoms with E-state index < -0.39 is 0 Å². The van der Waals surface area contributed by atoms with Gasteiger partial charge < -0.3 is 9.88 Å². The molecular formula is C13H21N3. The number of fused-ring (bicyclic) bond motifs is 1. The number of nitrogens with zero attached hydrogens (tertiary/aromatic N) is 2. The van der Waals surface area contributed by atoms with Crippen molar-refractivity contribution in [3.05, 3.63) is 24.0 Å². The summed E-state index contributed by atoms with van der Waals surface area (Å²) in [5, 5.41) is 3.58. The van der Waals surface area contributed by atoms with E-state index in [1.807, 2.05) is 0 Å². The van der Waals surface area contributed by atoms with Gasteiger partial charge in [0, 0.05) is 38.1 Å². The summed E-state index contributed by atoms with van der Waals surface area (Å²) in [6.07, 6.45) is 8.53. The molecule has 1 aromatic heterocycles. The van der Waals surface area contributed by atoms with Crippen LogP contribution in [0.25, 0.3) is 0 Å². The summed E-state index contributed by atoms with van der Waals surface area (Å²) < 4.78 is 2.16. The summed E-state index contributed by atoms with van der Waals surface area (Å²) in [4.78, 5) is 2.72. The standard InChI is InChI=1S/C13H21N3/c1-15-8-5-11(10-15)13-9-14-6-4-12-3-2-7-16(12)13/h5,8,10,12-14H,2-4,6-7,9H2,1H3. The highest BCUT2D eigenvalue weighted by molar-refractivity contribution is 5.17. The maximum Gasteiger partial charge on any atom is 0.0490 e. The number of hydrogen-bond acceptors (Lipinski definition) is 2. The van der Waals surface area contributed by atoms with Gasteiger partial charge in [0.2, 0.25) is 0 Å². The Morgan fingerprint density at radius 2 is 2.31 bits per heavy atom. The van der Waals surface area contributed by atoms with Crippen molar-refractivity contribution in [2.75, 3.05) is 19.6 Å². The predicted octanol–water partition coefficient (Wildman–Crippen LogP) is 1.52. The Labute approximate surface area is 97.4 Å². The lowest BCUT2D eigenvalue weighted by molar-refractivity contribution is 0.192. The maximum absolute atomic E-state index is 3.58. The van der Waals surface area contributed by atoms with Crippen LogP contribution >= 0.6 is 0 Å². The van der Waals surface area contributed by atoms with E-state index in [9.17, 15) is 0 Å². The zero-order chi connectivity index (χ0) is 11.0. The smallest absolute Gasteiger partial charge is 0.0490 e. The Morgan fingerprint density at radius 1 is 1.38 bits per heavy atom. The molecule has 3 heterocycles. The summed E-state index contributed by atoms with van der Waals surface area (Å²) in [5.41, 5.74) is 1.48. The van der Waals surface area contributed by atoms with Crippen molar-refractivity contribution in [3.63, 3.8) is 0 Å². The monoisotopic (exact) mass is 219 g/mol. The third-order valence-corrected chi connectivity index (χ3v) is 4.05. The molecule has 0 aromatic carbocycles. The molecule has 2 saturated heterocycles. The van der Waals surface area contributed by atoms with Crippen molar-refractivity contribution in [2.24, 2.45) is 7.05 Å². The average Bonchev–Trinajstić information content (AvgIpc) is 2.85. The van der Waals surface area contributed by atoms with Gasteiger partial charge in [-0.15, -0.1) is 0 Å². The molecule has 2 unspecified atom stereocenters. The van der Waals surface area contributed by atoms with E-state index in [1.165, 1.54) is 37.9 Å². The summed E-state index contributed by atoms with van der Waals surface area (Å²) >= 11 is 0. The van der Waals surface area contributed by atoms with Crippen molar-refractivity contribution < 1.29 is 0 Å². The summed E-state index contributed by atoms with van der Waals surface area (Å²) in [5.74, 6) is 0. The molecule has 0 amide bonds. The second kappa shape index (κ2) is 4.22. The number of aromatic nitrogens is 1. The van der Waals surface area contributed by atoms with Crippen LogP contribution in [0.1, 0.15) is 30.9 Å². The van der Waals surface area contributed by atoms with E-state index in [2.05, 4.69) is 40.3 Å². The summed E-state index contributed by atoms with van der Waals surface area (Å²) in [6.45, 7) is 3.58. The largest absolute Gasteiger partial charge is 0.357 e. The number of hydrogen-bond donors (Lipinski definition) is 1. The van der Waals surface area contributed by atoms with Gasteiger partial charge in [0.25, 0.3) is 0 Å². The Balaban J connectivity index is 1.86. The second-order valence-corrected chi connectivity index (χ2v) is 5.15. The normalized spacial score (nSPS) is 31.3. The van der Waals surface area contributed by atoms with Gasteiger partial charge in [0.05, 0.1) is 0 Å². The highest BCUT2D eigenvalue weighted by Crippen LogP contribution is 2.32. The molecule has 2 aliphatic rings. The molecule has 16 heavy (non-hydrogen) atoms. The molecule has 88 valence electrons. The molecule has 2 atom stereocenters. The van der Waals surface area contributed by atoms with Gasteiger partial charge in [-0.2, -0.15) is 0 Å². The second-order valence-electron chi connectivity index (χ2n) is 5.15. The quantitative estimate of drug-likeness (QED) is 0.773. The maximum atomic E-state index is 3.58. The van der Waals surface area contributed by atoms with Crippen LogP contribution in [0.3, 0.4) is 0 Å². The van der Waals surface area contributed by atoms with Crippen LogP contribution in [0.5, 0.6) is 0 Å². The fourth-order valence-electron chi connectivity index (χ4n) is 3.23. The van der Waals surface area contributed by atoms with Gasteiger partial charge in [-0.3, -0.25) is 4.90 Å². The minimum atomic E-state index is 0.594. The van der Waals surface area contributed by atoms with E-state index in [0.29, 0.717) is 6.04 Å². The molecular weight excluding hydrogens is 198 g/mol. The first kappa shape index (κ1) is 10.4. The molecule has 1 N–H and O–H groups in total. The van der Waals surface area contributed by atoms with Crippen molar-refractivity contribution in [1.29, 1.82) is 0 Å². The first-order valence-corrected chi connectivity index (χ1v) is 6.43. The lowest BCUT2D eigenvalue weighted by Crippen LogP contribution is -2.34. The fraction of sp³-hybridized carbons (Fsp3) is 0.692. The minimum absolute atomic E-state index is 0.594. The van der Waals surface area contributed by atoms with Crippen molar-refractivity contribution >= 4 is 0 Å². The summed E-state index contributed by atoms with van der Waals surface area (Å²) in [7, 11) is 2.11. The first-order valence-electron chi connectivity index (χ1n) is 6.43. The number of nitrogens with one attached hydrogen (secondary N) is 1. The molecule has 1 aromatic rings. The van der Waals surface area contributed by atoms with Crippen LogP contribution in [-0.2, 0) is 7.05 Å². The highest BCUT2D eigenvalue weighted by Gasteiger charge is 2.33. The zero-order valence-corrected chi connectivity index (χ0v) is 10.0. The Kier molecular flexibility index (Phi) is 2.74. The molecule has 3 nitrogen and oxygen atoms in total. The van der Waals surface area contributed by atoms with E-state index in [1.54, 1.807) is 0 Å². The predicted molar refractivity (Wildman–Crippen MR) is 65.4 cm³/mol. The third kappa shape index (κ3) is 1.78. The molecule has 3 heteroatoms. The number of aryl methyl sites for hydroxylation is 1. The molecule has 0 radical (unpaired) electrons. The van der Waals surface area contributed by atoms with Gasteiger partial charge >= 0.3 is 0 Å². The molecule has 0 spiro atoms. The van der Waals surface area contributed by atoms with Crippen LogP contribution < -0.4 is 5.32 Å². The van der Waals surface area contributed by atoms with Gasteiger partial charge in [-0.1, -0.05) is 0 Å². The van der Waals surface area contributed by atoms with Gasteiger partial charge in [0.1, 0.15) is 0 Å². The average molecular weight is 219 g/mol. The van der Waals surface area contributed by atoms with E-state index in [4.69, 9.17) is 0 Å². The van der Waals surface area contributed by atoms with Gasteiger partial charge in [0.15, 0.2) is 0 Å². The number of rotatable bonds is 1. The Hall–Kier alpha value is -0.800. The topological polar surface area (TPSA) is 20.2 Å². The van der Waals surface area contributed by atoms with Crippen LogP contribution in [-0.4, -0.2) is 35.1 Å².